The molecule has 3 aliphatic rings. The molecular formula is C19H28N4O2. The van der Waals surface area contributed by atoms with Crippen LogP contribution in [0.1, 0.15) is 78.2 Å². The Morgan fingerprint density at radius 1 is 0.680 bits per heavy atom. The van der Waals surface area contributed by atoms with E-state index in [1.165, 1.54) is 12.8 Å². The minimum atomic E-state index is 0.00978. The third-order valence-electron chi connectivity index (χ3n) is 5.80. The van der Waals surface area contributed by atoms with Crippen molar-refractivity contribution in [3.8, 4) is 0 Å². The van der Waals surface area contributed by atoms with Gasteiger partial charge in [-0.2, -0.15) is 0 Å². The van der Waals surface area contributed by atoms with Crippen LogP contribution in [-0.4, -0.2) is 57.3 Å². The summed E-state index contributed by atoms with van der Waals surface area (Å²) < 4.78 is 2.04. The summed E-state index contributed by atoms with van der Waals surface area (Å²) in [5.41, 5.74) is 1.53. The molecule has 4 heterocycles. The normalized spacial score (nSPS) is 21.1. The Morgan fingerprint density at radius 2 is 1.24 bits per heavy atom. The number of fused-ring (bicyclic) bond motifs is 1. The second-order valence-corrected chi connectivity index (χ2v) is 7.55. The Morgan fingerprint density at radius 3 is 1.92 bits per heavy atom. The van der Waals surface area contributed by atoms with E-state index in [0.29, 0.717) is 11.5 Å². The average Bonchev–Trinajstić information content (AvgIpc) is 3.22. The lowest BCUT2D eigenvalue weighted by Crippen LogP contribution is -2.33. The Labute approximate surface area is 149 Å². The van der Waals surface area contributed by atoms with Crippen LogP contribution in [0.3, 0.4) is 0 Å². The van der Waals surface area contributed by atoms with Gasteiger partial charge < -0.3 is 14.4 Å². The highest BCUT2D eigenvalue weighted by atomic mass is 16.2. The van der Waals surface area contributed by atoms with Crippen LogP contribution in [0, 0.1) is 0 Å². The molecule has 0 atom stereocenters. The maximum absolute atomic E-state index is 13.1. The number of likely N-dealkylation sites (tertiary alicyclic amines) is 2. The number of imidazole rings is 1. The second-order valence-electron chi connectivity index (χ2n) is 7.55. The number of carbonyl (C=O) groups is 2. The van der Waals surface area contributed by atoms with Crippen molar-refractivity contribution in [1.82, 2.24) is 19.4 Å². The lowest BCUT2D eigenvalue weighted by molar-refractivity contribution is 0.0754. The zero-order valence-corrected chi connectivity index (χ0v) is 15.0. The van der Waals surface area contributed by atoms with Crippen molar-refractivity contribution in [1.29, 1.82) is 0 Å². The molecule has 2 saturated heterocycles. The van der Waals surface area contributed by atoms with Crippen LogP contribution in [0.15, 0.2) is 0 Å². The zero-order chi connectivity index (χ0) is 17.2. The van der Waals surface area contributed by atoms with Crippen molar-refractivity contribution in [2.45, 2.75) is 64.3 Å². The standard InChI is InChI=1S/C19H28N4O2/c24-18(21-10-4-1-2-5-11-21)16-15-9-3-6-14-23(15)17(20-16)19(25)22-12-7-8-13-22/h1-14H2. The number of rotatable bonds is 2. The molecule has 0 radical (unpaired) electrons. The maximum atomic E-state index is 13.1. The third kappa shape index (κ3) is 3.18. The van der Waals surface area contributed by atoms with Crippen LogP contribution in [0.25, 0.3) is 0 Å². The Hall–Kier alpha value is -1.85. The van der Waals surface area contributed by atoms with Crippen LogP contribution in [-0.2, 0) is 13.0 Å². The number of nitrogens with zero attached hydrogens (tertiary/aromatic N) is 4. The number of aromatic nitrogens is 2. The summed E-state index contributed by atoms with van der Waals surface area (Å²) in [4.78, 5) is 34.5. The van der Waals surface area contributed by atoms with E-state index in [4.69, 9.17) is 0 Å². The highest BCUT2D eigenvalue weighted by Gasteiger charge is 2.32. The number of hydrogen-bond donors (Lipinski definition) is 0. The van der Waals surface area contributed by atoms with Crippen LogP contribution >= 0.6 is 0 Å². The molecule has 6 nitrogen and oxygen atoms in total. The summed E-state index contributed by atoms with van der Waals surface area (Å²) in [6.07, 6.45) is 9.66. The molecule has 0 spiro atoms. The Kier molecular flexibility index (Phi) is 4.77. The smallest absolute Gasteiger partial charge is 0.289 e. The van der Waals surface area contributed by atoms with Gasteiger partial charge in [0.25, 0.3) is 11.8 Å². The van der Waals surface area contributed by atoms with Gasteiger partial charge in [-0.3, -0.25) is 9.59 Å². The first kappa shape index (κ1) is 16.6. The van der Waals surface area contributed by atoms with Crippen LogP contribution in [0.5, 0.6) is 0 Å². The molecule has 0 aromatic carbocycles. The SMILES string of the molecule is O=C(c1nc(C(=O)N2CCCC2)n2c1CCCC2)N1CCCCCC1. The summed E-state index contributed by atoms with van der Waals surface area (Å²) in [6, 6.07) is 0. The first-order chi connectivity index (χ1) is 12.3. The monoisotopic (exact) mass is 344 g/mol. The fraction of sp³-hybridized carbons (Fsp3) is 0.737. The predicted octanol–water partition coefficient (Wildman–Crippen LogP) is 2.47. The van der Waals surface area contributed by atoms with E-state index in [0.717, 1.165) is 83.4 Å². The van der Waals surface area contributed by atoms with Gasteiger partial charge in [-0.15, -0.1) is 0 Å². The van der Waals surface area contributed by atoms with Gasteiger partial charge in [-0.25, -0.2) is 4.98 Å². The summed E-state index contributed by atoms with van der Waals surface area (Å²) >= 11 is 0. The third-order valence-corrected chi connectivity index (χ3v) is 5.80. The van der Waals surface area contributed by atoms with E-state index in [9.17, 15) is 9.59 Å². The first-order valence-corrected chi connectivity index (χ1v) is 9.93. The summed E-state index contributed by atoms with van der Waals surface area (Å²) in [7, 11) is 0. The van der Waals surface area contributed by atoms with Crippen molar-refractivity contribution in [2.75, 3.05) is 26.2 Å². The maximum Gasteiger partial charge on any atom is 0.289 e. The van der Waals surface area contributed by atoms with E-state index in [1.54, 1.807) is 0 Å². The molecule has 1 aromatic heterocycles. The van der Waals surface area contributed by atoms with E-state index >= 15 is 0 Å². The van der Waals surface area contributed by atoms with E-state index in [-0.39, 0.29) is 11.8 Å². The van der Waals surface area contributed by atoms with Crippen molar-refractivity contribution in [3.05, 3.63) is 17.2 Å². The highest BCUT2D eigenvalue weighted by molar-refractivity contribution is 5.97. The molecular weight excluding hydrogens is 316 g/mol. The lowest BCUT2D eigenvalue weighted by Gasteiger charge is -2.21. The van der Waals surface area contributed by atoms with Gasteiger partial charge in [0.15, 0.2) is 5.82 Å². The second kappa shape index (κ2) is 7.18. The lowest BCUT2D eigenvalue weighted by atomic mass is 10.1. The fourth-order valence-electron chi connectivity index (χ4n) is 4.36. The molecule has 136 valence electrons. The molecule has 2 fully saturated rings. The molecule has 0 aliphatic carbocycles. The van der Waals surface area contributed by atoms with Crippen molar-refractivity contribution < 1.29 is 9.59 Å². The quantitative estimate of drug-likeness (QED) is 0.828. The molecule has 3 aliphatic heterocycles. The van der Waals surface area contributed by atoms with Gasteiger partial charge in [-0.1, -0.05) is 12.8 Å². The van der Waals surface area contributed by atoms with Gasteiger partial charge in [0.1, 0.15) is 5.69 Å². The molecule has 0 saturated carbocycles. The minimum Gasteiger partial charge on any atom is -0.337 e. The molecule has 4 rings (SSSR count). The molecule has 6 heteroatoms. The van der Waals surface area contributed by atoms with Crippen LogP contribution in [0.2, 0.25) is 0 Å². The summed E-state index contributed by atoms with van der Waals surface area (Å²) in [5, 5.41) is 0. The first-order valence-electron chi connectivity index (χ1n) is 9.93. The summed E-state index contributed by atoms with van der Waals surface area (Å²) in [6.45, 7) is 4.08. The summed E-state index contributed by atoms with van der Waals surface area (Å²) in [5.74, 6) is 0.540. The molecule has 25 heavy (non-hydrogen) atoms. The van der Waals surface area contributed by atoms with Gasteiger partial charge in [0.05, 0.1) is 5.69 Å². The number of amides is 2. The van der Waals surface area contributed by atoms with Gasteiger partial charge in [0, 0.05) is 32.7 Å². The average molecular weight is 344 g/mol. The molecule has 0 N–H and O–H groups in total. The van der Waals surface area contributed by atoms with E-state index in [1.807, 2.05) is 14.4 Å². The van der Waals surface area contributed by atoms with E-state index < -0.39 is 0 Å². The van der Waals surface area contributed by atoms with Crippen LogP contribution in [0.4, 0.5) is 0 Å². The molecule has 0 bridgehead atoms. The zero-order valence-electron chi connectivity index (χ0n) is 15.0. The minimum absolute atomic E-state index is 0.00978. The highest BCUT2D eigenvalue weighted by Crippen LogP contribution is 2.25. The fourth-order valence-corrected chi connectivity index (χ4v) is 4.36. The van der Waals surface area contributed by atoms with Crippen molar-refractivity contribution in [3.63, 3.8) is 0 Å². The van der Waals surface area contributed by atoms with Gasteiger partial charge in [-0.05, 0) is 44.9 Å². The molecule has 0 unspecified atom stereocenters. The van der Waals surface area contributed by atoms with Crippen LogP contribution < -0.4 is 0 Å². The van der Waals surface area contributed by atoms with Gasteiger partial charge >= 0.3 is 0 Å². The van der Waals surface area contributed by atoms with E-state index in [2.05, 4.69) is 4.98 Å². The Bertz CT molecular complexity index is 653. The molecule has 1 aromatic rings. The number of hydrogen-bond acceptors (Lipinski definition) is 3. The van der Waals surface area contributed by atoms with Gasteiger partial charge in [0.2, 0.25) is 0 Å². The molecule has 2 amide bonds. The van der Waals surface area contributed by atoms with Crippen molar-refractivity contribution >= 4 is 11.8 Å². The van der Waals surface area contributed by atoms with Crippen molar-refractivity contribution in [2.24, 2.45) is 0 Å². The largest absolute Gasteiger partial charge is 0.337 e. The Balaban J connectivity index is 1.65. The predicted molar refractivity (Wildman–Crippen MR) is 94.7 cm³/mol. The topological polar surface area (TPSA) is 58.4 Å². The number of carbonyl (C=O) groups excluding carboxylic acids is 2.